The Morgan fingerprint density at radius 2 is 1.88 bits per heavy atom. The molecule has 2 amide bonds. The zero-order chi connectivity index (χ0) is 28.6. The Bertz CT molecular complexity index is 1520. The van der Waals surface area contributed by atoms with E-state index in [1.165, 1.54) is 19.3 Å². The summed E-state index contributed by atoms with van der Waals surface area (Å²) < 4.78 is 42.2. The van der Waals surface area contributed by atoms with Crippen molar-refractivity contribution in [2.75, 3.05) is 6.54 Å². The van der Waals surface area contributed by atoms with Gasteiger partial charge in [0.1, 0.15) is 18.8 Å². The van der Waals surface area contributed by atoms with Crippen LogP contribution in [0.4, 0.5) is 13.2 Å². The van der Waals surface area contributed by atoms with E-state index in [1.54, 1.807) is 42.5 Å². The first-order valence-corrected chi connectivity index (χ1v) is 12.9. The van der Waals surface area contributed by atoms with Crippen molar-refractivity contribution in [3.8, 4) is 0 Å². The van der Waals surface area contributed by atoms with Gasteiger partial charge >= 0.3 is 5.69 Å². The maximum absolute atomic E-state index is 14.5. The number of aryl methyl sites for hydroxylation is 1. The third-order valence-corrected chi connectivity index (χ3v) is 7.45. The van der Waals surface area contributed by atoms with Gasteiger partial charge in [0.25, 0.3) is 5.56 Å². The predicted octanol–water partition coefficient (Wildman–Crippen LogP) is 2.60. The first kappa shape index (κ1) is 27.4. The molecule has 9 nitrogen and oxygen atoms in total. The molecular formula is C28H28F3N5O4. The van der Waals surface area contributed by atoms with Crippen LogP contribution in [0.2, 0.25) is 0 Å². The summed E-state index contributed by atoms with van der Waals surface area (Å²) in [6.07, 6.45) is 0.650. The molecule has 1 aromatic carbocycles. The third kappa shape index (κ3) is 5.70. The lowest BCUT2D eigenvalue weighted by Crippen LogP contribution is -2.48. The van der Waals surface area contributed by atoms with Crippen molar-refractivity contribution < 1.29 is 22.8 Å². The first-order chi connectivity index (χ1) is 19.0. The minimum absolute atomic E-state index is 0.221. The molecule has 40 heavy (non-hydrogen) atoms. The normalized spacial score (nSPS) is 21.1. The average Bonchev–Trinajstić information content (AvgIpc) is 3.31. The van der Waals surface area contributed by atoms with Gasteiger partial charge in [0.05, 0.1) is 18.3 Å². The van der Waals surface area contributed by atoms with Crippen molar-refractivity contribution >= 4 is 11.8 Å². The van der Waals surface area contributed by atoms with Gasteiger partial charge in [-0.25, -0.2) is 18.0 Å². The molecule has 3 aromatic rings. The number of halogens is 3. The highest BCUT2D eigenvalue weighted by atomic mass is 19.3. The maximum Gasteiger partial charge on any atom is 0.328 e. The monoisotopic (exact) mass is 555 g/mol. The van der Waals surface area contributed by atoms with E-state index >= 15 is 0 Å². The smallest absolute Gasteiger partial charge is 0.328 e. The standard InChI is InChI=1S/C28H28F3N5O4/c1-16-13-35(27(40)34-25(16)38)15-23(37)36-14-20(29)9-22(36)26(39)33-24(17-5-3-2-4-6-17)21-8-7-18(12-32-21)19-10-28(30,31)11-19/h2-8,12-13,19-20,22,24H,9-11,14-15H2,1H3,(H,33,39)(H,34,38,40)/t20-,22+,24+/m1/s1. The van der Waals surface area contributed by atoms with Crippen molar-refractivity contribution in [1.29, 1.82) is 0 Å². The molecule has 1 saturated heterocycles. The lowest BCUT2D eigenvalue weighted by Gasteiger charge is -2.35. The van der Waals surface area contributed by atoms with E-state index in [9.17, 15) is 32.3 Å². The van der Waals surface area contributed by atoms with Gasteiger partial charge in [-0.1, -0.05) is 36.4 Å². The van der Waals surface area contributed by atoms with Crippen LogP contribution in [0.15, 0.2) is 64.4 Å². The number of amides is 2. The Labute approximate surface area is 227 Å². The highest BCUT2D eigenvalue weighted by Gasteiger charge is 2.46. The number of H-pyrrole nitrogens is 1. The van der Waals surface area contributed by atoms with Crippen LogP contribution in [-0.2, 0) is 16.1 Å². The fraction of sp³-hybridized carbons (Fsp3) is 0.393. The molecule has 3 heterocycles. The SMILES string of the molecule is Cc1cn(CC(=O)N2C[C@H](F)C[C@H]2C(=O)N[C@@H](c2ccccc2)c2ccc(C3CC(F)(F)C3)cn2)c(=O)[nH]c1=O. The minimum Gasteiger partial charge on any atom is -0.342 e. The second kappa shape index (κ2) is 10.7. The number of hydrogen-bond acceptors (Lipinski definition) is 5. The Balaban J connectivity index is 1.35. The van der Waals surface area contributed by atoms with Crippen molar-refractivity contribution in [3.63, 3.8) is 0 Å². The molecule has 1 aliphatic heterocycles. The fourth-order valence-corrected chi connectivity index (χ4v) is 5.22. The van der Waals surface area contributed by atoms with Crippen molar-refractivity contribution in [3.05, 3.63) is 98.1 Å². The van der Waals surface area contributed by atoms with Crippen LogP contribution in [0.25, 0.3) is 0 Å². The Hall–Kier alpha value is -4.22. The number of benzene rings is 1. The molecule has 1 saturated carbocycles. The highest BCUT2D eigenvalue weighted by Crippen LogP contribution is 2.48. The maximum atomic E-state index is 14.5. The molecule has 2 N–H and O–H groups in total. The summed E-state index contributed by atoms with van der Waals surface area (Å²) in [4.78, 5) is 58.0. The van der Waals surface area contributed by atoms with E-state index in [0.29, 0.717) is 16.8 Å². The molecule has 0 bridgehead atoms. The van der Waals surface area contributed by atoms with Crippen LogP contribution < -0.4 is 16.6 Å². The number of pyridine rings is 1. The van der Waals surface area contributed by atoms with E-state index in [4.69, 9.17) is 0 Å². The van der Waals surface area contributed by atoms with E-state index in [0.717, 1.165) is 9.47 Å². The van der Waals surface area contributed by atoms with E-state index in [-0.39, 0.29) is 37.3 Å². The van der Waals surface area contributed by atoms with Gasteiger partial charge < -0.3 is 10.2 Å². The largest absolute Gasteiger partial charge is 0.342 e. The van der Waals surface area contributed by atoms with Crippen LogP contribution in [0.3, 0.4) is 0 Å². The first-order valence-electron chi connectivity index (χ1n) is 12.9. The minimum atomic E-state index is -2.66. The zero-order valence-electron chi connectivity index (χ0n) is 21.6. The molecule has 12 heteroatoms. The number of hydrogen-bond donors (Lipinski definition) is 2. The number of aromatic nitrogens is 3. The number of nitrogens with one attached hydrogen (secondary N) is 2. The number of likely N-dealkylation sites (tertiary alicyclic amines) is 1. The number of rotatable bonds is 7. The van der Waals surface area contributed by atoms with Gasteiger partial charge in [0, 0.05) is 37.2 Å². The summed E-state index contributed by atoms with van der Waals surface area (Å²) in [5.41, 5.74) is 0.696. The molecule has 210 valence electrons. The molecule has 2 aromatic heterocycles. The van der Waals surface area contributed by atoms with Gasteiger partial charge in [-0.15, -0.1) is 0 Å². The number of carbonyl (C=O) groups excluding carboxylic acids is 2. The summed E-state index contributed by atoms with van der Waals surface area (Å²) in [7, 11) is 0. The molecule has 0 radical (unpaired) electrons. The second-order valence-corrected chi connectivity index (χ2v) is 10.4. The number of carbonyl (C=O) groups is 2. The Morgan fingerprint density at radius 3 is 2.52 bits per heavy atom. The van der Waals surface area contributed by atoms with Gasteiger partial charge in [0.2, 0.25) is 17.7 Å². The van der Waals surface area contributed by atoms with Crippen LogP contribution in [0, 0.1) is 6.92 Å². The summed E-state index contributed by atoms with van der Waals surface area (Å²) in [6.45, 7) is 0.690. The van der Waals surface area contributed by atoms with Gasteiger partial charge in [-0.05, 0) is 30.0 Å². The lowest BCUT2D eigenvalue weighted by atomic mass is 9.77. The van der Waals surface area contributed by atoms with Crippen molar-refractivity contribution in [1.82, 2.24) is 24.8 Å². The quantitative estimate of drug-likeness (QED) is 0.465. The summed E-state index contributed by atoms with van der Waals surface area (Å²) in [5.74, 6) is -4.19. The van der Waals surface area contributed by atoms with Crippen LogP contribution in [0.1, 0.15) is 53.6 Å². The topological polar surface area (TPSA) is 117 Å². The Morgan fingerprint density at radius 1 is 1.15 bits per heavy atom. The molecule has 1 aliphatic carbocycles. The molecule has 3 atom stereocenters. The fourth-order valence-electron chi connectivity index (χ4n) is 5.22. The van der Waals surface area contributed by atoms with Gasteiger partial charge in [-0.2, -0.15) is 0 Å². The highest BCUT2D eigenvalue weighted by molar-refractivity contribution is 5.88. The van der Waals surface area contributed by atoms with Crippen LogP contribution in [-0.4, -0.2) is 55.9 Å². The molecule has 0 spiro atoms. The number of nitrogens with zero attached hydrogens (tertiary/aromatic N) is 3. The predicted molar refractivity (Wildman–Crippen MR) is 139 cm³/mol. The lowest BCUT2D eigenvalue weighted by molar-refractivity contribution is -0.139. The number of alkyl halides is 3. The van der Waals surface area contributed by atoms with Crippen molar-refractivity contribution in [2.24, 2.45) is 0 Å². The van der Waals surface area contributed by atoms with Crippen LogP contribution >= 0.6 is 0 Å². The van der Waals surface area contributed by atoms with Crippen LogP contribution in [0.5, 0.6) is 0 Å². The second-order valence-electron chi connectivity index (χ2n) is 10.4. The molecule has 0 unspecified atom stereocenters. The van der Waals surface area contributed by atoms with E-state index in [1.807, 2.05) is 0 Å². The molecule has 2 aliphatic rings. The third-order valence-electron chi connectivity index (χ3n) is 7.45. The summed E-state index contributed by atoms with van der Waals surface area (Å²) in [5, 5.41) is 2.88. The van der Waals surface area contributed by atoms with Gasteiger partial charge in [-0.3, -0.25) is 28.9 Å². The van der Waals surface area contributed by atoms with E-state index in [2.05, 4.69) is 15.3 Å². The summed E-state index contributed by atoms with van der Waals surface area (Å²) >= 11 is 0. The summed E-state index contributed by atoms with van der Waals surface area (Å²) in [6, 6.07) is 10.5. The Kier molecular flexibility index (Phi) is 7.35. The van der Waals surface area contributed by atoms with Gasteiger partial charge in [0.15, 0.2) is 0 Å². The zero-order valence-corrected chi connectivity index (χ0v) is 21.6. The number of aromatic amines is 1. The van der Waals surface area contributed by atoms with E-state index < -0.39 is 53.8 Å². The molecular weight excluding hydrogens is 527 g/mol. The molecule has 2 fully saturated rings. The van der Waals surface area contributed by atoms with Crippen molar-refractivity contribution in [2.45, 2.75) is 62.8 Å². The average molecular weight is 556 g/mol. The molecule has 5 rings (SSSR count).